The molecule has 0 heterocycles. The third-order valence-electron chi connectivity index (χ3n) is 3.44. The fourth-order valence-electron chi connectivity index (χ4n) is 1.90. The highest BCUT2D eigenvalue weighted by atomic mass is 16.5. The van der Waals surface area contributed by atoms with E-state index in [0.29, 0.717) is 6.61 Å². The summed E-state index contributed by atoms with van der Waals surface area (Å²) in [6, 6.07) is 3.81. The van der Waals surface area contributed by atoms with Crippen molar-refractivity contribution in [2.75, 3.05) is 32.6 Å². The second-order valence-electron chi connectivity index (χ2n) is 5.54. The molecule has 0 fully saturated rings. The van der Waals surface area contributed by atoms with E-state index in [1.165, 1.54) is 11.1 Å². The largest absolute Gasteiger partial charge is 0.463 e. The first-order chi connectivity index (χ1) is 9.32. The van der Waals surface area contributed by atoms with E-state index < -0.39 is 0 Å². The summed E-state index contributed by atoms with van der Waals surface area (Å²) in [6.07, 6.45) is 0. The molecule has 0 aliphatic carbocycles. The maximum Gasteiger partial charge on any atom is 0.328 e. The quantitative estimate of drug-likeness (QED) is 0.812. The van der Waals surface area contributed by atoms with E-state index in [1.807, 2.05) is 32.8 Å². The number of hydrogen-bond donors (Lipinski definition) is 1. The van der Waals surface area contributed by atoms with Gasteiger partial charge in [0.05, 0.1) is 0 Å². The van der Waals surface area contributed by atoms with Crippen molar-refractivity contribution >= 4 is 11.7 Å². The first-order valence-electron chi connectivity index (χ1n) is 6.97. The van der Waals surface area contributed by atoms with Gasteiger partial charge in [0.15, 0.2) is 0 Å². The van der Waals surface area contributed by atoms with Crippen molar-refractivity contribution in [3.63, 3.8) is 0 Å². The predicted molar refractivity (Wildman–Crippen MR) is 83.3 cm³/mol. The van der Waals surface area contributed by atoms with E-state index in [0.717, 1.165) is 17.8 Å². The lowest BCUT2D eigenvalue weighted by Crippen LogP contribution is -2.31. The average molecular weight is 278 g/mol. The number of nitrogens with one attached hydrogen (secondary N) is 1. The first-order valence-corrected chi connectivity index (χ1v) is 6.97. The Balaban J connectivity index is 2.64. The summed E-state index contributed by atoms with van der Waals surface area (Å²) in [6.45, 7) is 9.16. The molecule has 0 aromatic heterocycles. The molecule has 1 atom stereocenters. The zero-order chi connectivity index (χ0) is 15.3. The first kappa shape index (κ1) is 16.5. The molecule has 1 N–H and O–H groups in total. The number of anilines is 1. The van der Waals surface area contributed by atoms with Crippen LogP contribution in [0.5, 0.6) is 0 Å². The number of aryl methyl sites for hydroxylation is 2. The molecular weight excluding hydrogens is 252 g/mol. The fourth-order valence-corrected chi connectivity index (χ4v) is 1.90. The van der Waals surface area contributed by atoms with Gasteiger partial charge in [-0.25, -0.2) is 4.79 Å². The maximum absolute atomic E-state index is 11.9. The van der Waals surface area contributed by atoms with Crippen LogP contribution in [-0.4, -0.2) is 44.2 Å². The molecule has 0 aliphatic rings. The van der Waals surface area contributed by atoms with Crippen LogP contribution in [0.1, 0.15) is 23.6 Å². The lowest BCUT2D eigenvalue weighted by Gasteiger charge is -2.19. The number of esters is 1. The monoisotopic (exact) mass is 278 g/mol. The van der Waals surface area contributed by atoms with Crippen LogP contribution < -0.4 is 5.32 Å². The molecule has 0 amide bonds. The number of rotatable bonds is 6. The number of hydrogen-bond acceptors (Lipinski definition) is 4. The van der Waals surface area contributed by atoms with Gasteiger partial charge in [0.25, 0.3) is 0 Å². The number of carbonyl (C=O) groups excluding carboxylic acids is 1. The van der Waals surface area contributed by atoms with Crippen LogP contribution in [0.3, 0.4) is 0 Å². The smallest absolute Gasteiger partial charge is 0.328 e. The number of benzene rings is 1. The highest BCUT2D eigenvalue weighted by molar-refractivity contribution is 5.79. The van der Waals surface area contributed by atoms with Crippen LogP contribution in [0.25, 0.3) is 0 Å². The summed E-state index contributed by atoms with van der Waals surface area (Å²) in [4.78, 5) is 13.9. The standard InChI is InChI=1S/C16H26N2O2/c1-11-7-8-12(2)15(13(11)3)17-14(4)16(19)20-10-9-18(5)6/h7-8,14,17H,9-10H2,1-6H3/t14-/m0/s1. The minimum Gasteiger partial charge on any atom is -0.463 e. The molecule has 0 bridgehead atoms. The average Bonchev–Trinajstić information content (AvgIpc) is 2.38. The Morgan fingerprint density at radius 3 is 2.45 bits per heavy atom. The molecule has 0 spiro atoms. The Bertz CT molecular complexity index is 470. The van der Waals surface area contributed by atoms with Crippen LogP contribution >= 0.6 is 0 Å². The summed E-state index contributed by atoms with van der Waals surface area (Å²) in [5.74, 6) is -0.216. The lowest BCUT2D eigenvalue weighted by atomic mass is 10.0. The van der Waals surface area contributed by atoms with Gasteiger partial charge in [-0.2, -0.15) is 0 Å². The molecule has 1 aromatic carbocycles. The number of likely N-dealkylation sites (N-methyl/N-ethyl adjacent to an activating group) is 1. The minimum absolute atomic E-state index is 0.216. The Labute approximate surface area is 122 Å². The molecule has 0 aliphatic heterocycles. The van der Waals surface area contributed by atoms with E-state index in [9.17, 15) is 4.79 Å². The van der Waals surface area contributed by atoms with E-state index in [4.69, 9.17) is 4.74 Å². The van der Waals surface area contributed by atoms with Crippen molar-refractivity contribution in [3.8, 4) is 0 Å². The van der Waals surface area contributed by atoms with Crippen LogP contribution in [0.4, 0.5) is 5.69 Å². The van der Waals surface area contributed by atoms with Crippen molar-refractivity contribution < 1.29 is 9.53 Å². The highest BCUT2D eigenvalue weighted by Gasteiger charge is 2.16. The van der Waals surface area contributed by atoms with Gasteiger partial charge < -0.3 is 15.0 Å². The van der Waals surface area contributed by atoms with Crippen molar-refractivity contribution in [1.82, 2.24) is 4.90 Å². The van der Waals surface area contributed by atoms with Crippen LogP contribution in [0.2, 0.25) is 0 Å². The molecule has 4 heteroatoms. The molecular formula is C16H26N2O2. The van der Waals surface area contributed by atoms with Gasteiger partial charge >= 0.3 is 5.97 Å². The Morgan fingerprint density at radius 2 is 1.85 bits per heavy atom. The molecule has 0 unspecified atom stereocenters. The summed E-state index contributed by atoms with van der Waals surface area (Å²) in [5, 5.41) is 3.27. The lowest BCUT2D eigenvalue weighted by molar-refractivity contribution is -0.144. The predicted octanol–water partition coefficient (Wildman–Crippen LogP) is 2.52. The topological polar surface area (TPSA) is 41.6 Å². The van der Waals surface area contributed by atoms with Gasteiger partial charge in [0.2, 0.25) is 0 Å². The summed E-state index contributed by atoms with van der Waals surface area (Å²) >= 11 is 0. The number of nitrogens with zero attached hydrogens (tertiary/aromatic N) is 1. The summed E-state index contributed by atoms with van der Waals surface area (Å²) in [7, 11) is 3.91. The van der Waals surface area contributed by atoms with Crippen molar-refractivity contribution in [2.45, 2.75) is 33.7 Å². The molecule has 112 valence electrons. The molecule has 20 heavy (non-hydrogen) atoms. The normalized spacial score (nSPS) is 12.3. The van der Waals surface area contributed by atoms with Gasteiger partial charge in [-0.05, 0) is 58.5 Å². The SMILES string of the molecule is Cc1ccc(C)c(N[C@@H](C)C(=O)OCCN(C)C)c1C. The Hall–Kier alpha value is -1.55. The maximum atomic E-state index is 11.9. The molecule has 1 aromatic rings. The van der Waals surface area contributed by atoms with Crippen LogP contribution in [0.15, 0.2) is 12.1 Å². The van der Waals surface area contributed by atoms with E-state index in [1.54, 1.807) is 0 Å². The van der Waals surface area contributed by atoms with E-state index in [-0.39, 0.29) is 12.0 Å². The van der Waals surface area contributed by atoms with Gasteiger partial charge in [0, 0.05) is 12.2 Å². The fraction of sp³-hybridized carbons (Fsp3) is 0.562. The minimum atomic E-state index is -0.351. The Morgan fingerprint density at radius 1 is 1.25 bits per heavy atom. The van der Waals surface area contributed by atoms with E-state index in [2.05, 4.69) is 31.3 Å². The zero-order valence-electron chi connectivity index (χ0n) is 13.4. The zero-order valence-corrected chi connectivity index (χ0v) is 13.4. The highest BCUT2D eigenvalue weighted by Crippen LogP contribution is 2.23. The molecule has 0 saturated carbocycles. The van der Waals surface area contributed by atoms with E-state index >= 15 is 0 Å². The number of carbonyl (C=O) groups is 1. The molecule has 4 nitrogen and oxygen atoms in total. The molecule has 1 rings (SSSR count). The second-order valence-corrected chi connectivity index (χ2v) is 5.54. The third kappa shape index (κ3) is 4.53. The van der Waals surface area contributed by atoms with Crippen molar-refractivity contribution in [3.05, 3.63) is 28.8 Å². The summed E-state index contributed by atoms with van der Waals surface area (Å²) < 4.78 is 5.25. The van der Waals surface area contributed by atoms with Crippen LogP contribution in [-0.2, 0) is 9.53 Å². The van der Waals surface area contributed by atoms with Gasteiger partial charge in [0.1, 0.15) is 12.6 Å². The molecule has 0 saturated heterocycles. The van der Waals surface area contributed by atoms with Crippen molar-refractivity contribution in [2.24, 2.45) is 0 Å². The third-order valence-corrected chi connectivity index (χ3v) is 3.44. The Kier molecular flexibility index (Phi) is 6.02. The van der Waals surface area contributed by atoms with Gasteiger partial charge in [-0.15, -0.1) is 0 Å². The van der Waals surface area contributed by atoms with Gasteiger partial charge in [-0.3, -0.25) is 0 Å². The molecule has 0 radical (unpaired) electrons. The number of ether oxygens (including phenoxy) is 1. The van der Waals surface area contributed by atoms with Gasteiger partial charge in [-0.1, -0.05) is 12.1 Å². The summed E-state index contributed by atoms with van der Waals surface area (Å²) in [5.41, 5.74) is 4.56. The van der Waals surface area contributed by atoms with Crippen molar-refractivity contribution in [1.29, 1.82) is 0 Å². The van der Waals surface area contributed by atoms with Crippen LogP contribution in [0, 0.1) is 20.8 Å². The second kappa shape index (κ2) is 7.29.